The summed E-state index contributed by atoms with van der Waals surface area (Å²) in [5, 5.41) is 0.781. The molecular formula is C9H13Cl2N. The van der Waals surface area contributed by atoms with Crippen molar-refractivity contribution < 1.29 is 0 Å². The maximum absolute atomic E-state index is 5.79. The molecule has 1 nitrogen and oxygen atoms in total. The van der Waals surface area contributed by atoms with Gasteiger partial charge in [-0.2, -0.15) is 0 Å². The van der Waals surface area contributed by atoms with Gasteiger partial charge in [-0.15, -0.1) is 12.4 Å². The number of halogens is 2. The lowest BCUT2D eigenvalue weighted by atomic mass is 10.1. The van der Waals surface area contributed by atoms with Crippen molar-refractivity contribution in [3.63, 3.8) is 0 Å². The van der Waals surface area contributed by atoms with Crippen LogP contribution in [0, 0.1) is 0 Å². The number of hydrogen-bond acceptors (Lipinski definition) is 1. The normalized spacial score (nSPS) is 11.9. The van der Waals surface area contributed by atoms with E-state index in [4.69, 9.17) is 17.3 Å². The molecule has 0 amide bonds. The molecule has 1 aromatic carbocycles. The van der Waals surface area contributed by atoms with E-state index in [9.17, 15) is 0 Å². The zero-order valence-electron chi connectivity index (χ0n) is 6.96. The Kier molecular flexibility index (Phi) is 5.31. The van der Waals surface area contributed by atoms with Gasteiger partial charge < -0.3 is 5.73 Å². The molecule has 0 spiro atoms. The summed E-state index contributed by atoms with van der Waals surface area (Å²) in [6, 6.07) is 8.00. The van der Waals surface area contributed by atoms with Crippen molar-refractivity contribution in [3.05, 3.63) is 34.9 Å². The molecule has 0 radical (unpaired) electrons. The van der Waals surface area contributed by atoms with Gasteiger partial charge in [-0.25, -0.2) is 0 Å². The van der Waals surface area contributed by atoms with Crippen LogP contribution in [0.4, 0.5) is 0 Å². The van der Waals surface area contributed by atoms with Gasteiger partial charge in [0.15, 0.2) is 0 Å². The lowest BCUT2D eigenvalue weighted by Crippen LogP contribution is -2.17. The fourth-order valence-electron chi connectivity index (χ4n) is 1.04. The van der Waals surface area contributed by atoms with Crippen molar-refractivity contribution in [1.82, 2.24) is 0 Å². The molecule has 12 heavy (non-hydrogen) atoms. The average molecular weight is 206 g/mol. The van der Waals surface area contributed by atoms with Crippen molar-refractivity contribution in [2.45, 2.75) is 19.4 Å². The molecule has 0 fully saturated rings. The zero-order chi connectivity index (χ0) is 8.27. The molecule has 0 saturated heterocycles. The number of hydrogen-bond donors (Lipinski definition) is 1. The maximum Gasteiger partial charge on any atom is 0.0408 e. The first-order chi connectivity index (χ1) is 5.18. The number of rotatable bonds is 2. The van der Waals surface area contributed by atoms with Gasteiger partial charge >= 0.3 is 0 Å². The molecule has 1 rings (SSSR count). The molecule has 0 aliphatic rings. The van der Waals surface area contributed by atoms with Crippen molar-refractivity contribution in [1.29, 1.82) is 0 Å². The predicted octanol–water partition coefficient (Wildman–Crippen LogP) is 2.65. The third kappa shape index (κ3) is 3.96. The molecular weight excluding hydrogens is 193 g/mol. The molecule has 1 atom stereocenters. The smallest absolute Gasteiger partial charge is 0.0408 e. The summed E-state index contributed by atoms with van der Waals surface area (Å²) in [5.74, 6) is 0. The van der Waals surface area contributed by atoms with E-state index < -0.39 is 0 Å². The molecule has 1 unspecified atom stereocenters. The molecule has 2 N–H and O–H groups in total. The van der Waals surface area contributed by atoms with Crippen LogP contribution in [0.25, 0.3) is 0 Å². The van der Waals surface area contributed by atoms with Crippen molar-refractivity contribution in [3.8, 4) is 0 Å². The van der Waals surface area contributed by atoms with Gasteiger partial charge in [0.05, 0.1) is 0 Å². The van der Waals surface area contributed by atoms with Crippen LogP contribution in [0.3, 0.4) is 0 Å². The molecule has 0 aromatic heterocycles. The quantitative estimate of drug-likeness (QED) is 0.790. The predicted molar refractivity (Wildman–Crippen MR) is 56.1 cm³/mol. The van der Waals surface area contributed by atoms with E-state index in [-0.39, 0.29) is 18.4 Å². The van der Waals surface area contributed by atoms with Gasteiger partial charge in [0.1, 0.15) is 0 Å². The molecule has 0 saturated carbocycles. The fourth-order valence-corrected chi connectivity index (χ4v) is 1.25. The van der Waals surface area contributed by atoms with E-state index in [1.807, 2.05) is 31.2 Å². The van der Waals surface area contributed by atoms with Crippen LogP contribution < -0.4 is 5.73 Å². The largest absolute Gasteiger partial charge is 0.328 e. The minimum atomic E-state index is 0. The van der Waals surface area contributed by atoms with Crippen LogP contribution in [0.5, 0.6) is 0 Å². The zero-order valence-corrected chi connectivity index (χ0v) is 8.53. The van der Waals surface area contributed by atoms with Crippen LogP contribution in [0.1, 0.15) is 12.5 Å². The lowest BCUT2D eigenvalue weighted by molar-refractivity contribution is 0.738. The molecule has 0 heterocycles. The van der Waals surface area contributed by atoms with E-state index in [2.05, 4.69) is 0 Å². The second kappa shape index (κ2) is 5.41. The van der Waals surface area contributed by atoms with E-state index >= 15 is 0 Å². The van der Waals surface area contributed by atoms with Gasteiger partial charge in [0, 0.05) is 11.1 Å². The summed E-state index contributed by atoms with van der Waals surface area (Å²) in [6.07, 6.45) is 0.889. The van der Waals surface area contributed by atoms with Gasteiger partial charge in [-0.05, 0) is 31.0 Å². The standard InChI is InChI=1S/C9H12ClN.ClH/c1-7(11)5-8-3-2-4-9(10)6-8;/h2-4,6-7H,5,11H2,1H3;1H. The Morgan fingerprint density at radius 3 is 2.67 bits per heavy atom. The maximum atomic E-state index is 5.79. The Balaban J connectivity index is 0.00000121. The Hall–Kier alpha value is -0.240. The first-order valence-electron chi connectivity index (χ1n) is 3.68. The highest BCUT2D eigenvalue weighted by Gasteiger charge is 1.97. The van der Waals surface area contributed by atoms with E-state index in [1.165, 1.54) is 5.56 Å². The second-order valence-electron chi connectivity index (χ2n) is 2.81. The minimum Gasteiger partial charge on any atom is -0.328 e. The van der Waals surface area contributed by atoms with Crippen molar-refractivity contribution >= 4 is 24.0 Å². The lowest BCUT2D eigenvalue weighted by Gasteiger charge is -2.04. The highest BCUT2D eigenvalue weighted by molar-refractivity contribution is 6.30. The van der Waals surface area contributed by atoms with Crippen LogP contribution >= 0.6 is 24.0 Å². The third-order valence-electron chi connectivity index (χ3n) is 1.45. The summed E-state index contributed by atoms with van der Waals surface area (Å²) >= 11 is 5.79. The molecule has 0 bridgehead atoms. The summed E-state index contributed by atoms with van der Waals surface area (Å²) in [6.45, 7) is 1.99. The Labute approximate surface area is 84.3 Å². The molecule has 0 aliphatic heterocycles. The third-order valence-corrected chi connectivity index (χ3v) is 1.68. The minimum absolute atomic E-state index is 0. The fraction of sp³-hybridized carbons (Fsp3) is 0.333. The first-order valence-corrected chi connectivity index (χ1v) is 4.06. The van der Waals surface area contributed by atoms with Crippen LogP contribution in [0.15, 0.2) is 24.3 Å². The first kappa shape index (κ1) is 11.8. The second-order valence-corrected chi connectivity index (χ2v) is 3.25. The monoisotopic (exact) mass is 205 g/mol. The highest BCUT2D eigenvalue weighted by atomic mass is 35.5. The van der Waals surface area contributed by atoms with E-state index in [0.717, 1.165) is 11.4 Å². The van der Waals surface area contributed by atoms with Gasteiger partial charge in [0.25, 0.3) is 0 Å². The molecule has 3 heteroatoms. The van der Waals surface area contributed by atoms with Crippen molar-refractivity contribution in [2.24, 2.45) is 5.73 Å². The summed E-state index contributed by atoms with van der Waals surface area (Å²) < 4.78 is 0. The van der Waals surface area contributed by atoms with Gasteiger partial charge in [-0.1, -0.05) is 23.7 Å². The molecule has 1 aromatic rings. The summed E-state index contributed by atoms with van der Waals surface area (Å²) in [5.41, 5.74) is 6.83. The Morgan fingerprint density at radius 1 is 1.50 bits per heavy atom. The molecule has 68 valence electrons. The Bertz CT molecular complexity index is 236. The van der Waals surface area contributed by atoms with E-state index in [0.29, 0.717) is 0 Å². The molecule has 0 aliphatic carbocycles. The number of benzene rings is 1. The van der Waals surface area contributed by atoms with Crippen LogP contribution in [-0.2, 0) is 6.42 Å². The average Bonchev–Trinajstić information content (AvgIpc) is 1.85. The topological polar surface area (TPSA) is 26.0 Å². The summed E-state index contributed by atoms with van der Waals surface area (Å²) in [4.78, 5) is 0. The summed E-state index contributed by atoms with van der Waals surface area (Å²) in [7, 11) is 0. The highest BCUT2D eigenvalue weighted by Crippen LogP contribution is 2.11. The van der Waals surface area contributed by atoms with Crippen LogP contribution in [-0.4, -0.2) is 6.04 Å². The van der Waals surface area contributed by atoms with Gasteiger partial charge in [0.2, 0.25) is 0 Å². The van der Waals surface area contributed by atoms with E-state index in [1.54, 1.807) is 0 Å². The van der Waals surface area contributed by atoms with Gasteiger partial charge in [-0.3, -0.25) is 0 Å². The SMILES string of the molecule is CC(N)Cc1cccc(Cl)c1.Cl. The van der Waals surface area contributed by atoms with Crippen molar-refractivity contribution in [2.75, 3.05) is 0 Å². The Morgan fingerprint density at radius 2 is 2.17 bits per heavy atom. The number of nitrogens with two attached hydrogens (primary N) is 1. The van der Waals surface area contributed by atoms with Crippen LogP contribution in [0.2, 0.25) is 5.02 Å².